The molecule has 0 amide bonds. The minimum Gasteiger partial charge on any atom is -0.208 e. The van der Waals surface area contributed by atoms with E-state index < -0.39 is 0 Å². The summed E-state index contributed by atoms with van der Waals surface area (Å²) in [6.45, 7) is 0. The first kappa shape index (κ1) is 30.1. The van der Waals surface area contributed by atoms with E-state index >= 15 is 0 Å². The quantitative estimate of drug-likeness (QED) is 0.181. The summed E-state index contributed by atoms with van der Waals surface area (Å²) in [5, 5.41) is 21.4. The summed E-state index contributed by atoms with van der Waals surface area (Å²) >= 11 is 0. The minimum absolute atomic E-state index is 0.574. The summed E-state index contributed by atoms with van der Waals surface area (Å²) < 4.78 is 0. The lowest BCUT2D eigenvalue weighted by Crippen LogP contribution is -2.00. The van der Waals surface area contributed by atoms with Crippen molar-refractivity contribution in [2.75, 3.05) is 0 Å². The normalized spacial score (nSPS) is 10.8. The van der Waals surface area contributed by atoms with Crippen molar-refractivity contribution in [3.8, 4) is 79.7 Å². The fourth-order valence-electron chi connectivity index (χ4n) is 6.32. The number of fused-ring (bicyclic) bond motifs is 1. The van der Waals surface area contributed by atoms with Gasteiger partial charge in [-0.3, -0.25) is 0 Å². The molecule has 1 heterocycles. The fraction of sp³-hybridized carbons (Fsp3) is 0. The van der Waals surface area contributed by atoms with Gasteiger partial charge in [-0.1, -0.05) is 127 Å². The van der Waals surface area contributed by atoms with Gasteiger partial charge in [-0.15, -0.1) is 0 Å². The highest BCUT2D eigenvalue weighted by Gasteiger charge is 2.15. The Balaban J connectivity index is 1.24. The molecular formula is C45H27N5. The lowest BCUT2D eigenvalue weighted by molar-refractivity contribution is 1.07. The van der Waals surface area contributed by atoms with Crippen molar-refractivity contribution < 1.29 is 0 Å². The number of benzene rings is 7. The standard InChI is InChI=1S/C45H27N5/c46-28-30-18-20-32(21-19-30)37-24-31(29-47)25-38(27-37)40-23-22-39(41-16-7-8-17-42(40)41)35-14-9-15-36(26-35)45-49-43(33-10-3-1-4-11-33)48-44(50-45)34-12-5-2-6-13-34/h1-27H. The molecule has 8 rings (SSSR count). The number of nitrogens with zero attached hydrogens (tertiary/aromatic N) is 5. The SMILES string of the molecule is N#Cc1ccc(-c2cc(C#N)cc(-c3ccc(-c4cccc(-c5nc(-c6ccccc6)nc(-c6ccccc6)n5)c4)c4ccccc34)c2)cc1. The molecule has 232 valence electrons. The molecule has 0 aliphatic rings. The molecule has 5 nitrogen and oxygen atoms in total. The first-order valence-electron chi connectivity index (χ1n) is 16.2. The molecule has 0 radical (unpaired) electrons. The molecule has 0 aliphatic heterocycles. The van der Waals surface area contributed by atoms with Crippen molar-refractivity contribution in [3.05, 3.63) is 175 Å². The number of hydrogen-bond donors (Lipinski definition) is 0. The van der Waals surface area contributed by atoms with Gasteiger partial charge in [-0.05, 0) is 80.6 Å². The molecule has 0 spiro atoms. The van der Waals surface area contributed by atoms with Crippen molar-refractivity contribution in [3.63, 3.8) is 0 Å². The molecule has 50 heavy (non-hydrogen) atoms. The zero-order valence-electron chi connectivity index (χ0n) is 26.8. The van der Waals surface area contributed by atoms with Gasteiger partial charge in [-0.25, -0.2) is 15.0 Å². The highest BCUT2D eigenvalue weighted by molar-refractivity contribution is 6.05. The predicted molar refractivity (Wildman–Crippen MR) is 199 cm³/mol. The minimum atomic E-state index is 0.574. The zero-order chi connectivity index (χ0) is 33.9. The van der Waals surface area contributed by atoms with Crippen molar-refractivity contribution in [2.45, 2.75) is 0 Å². The van der Waals surface area contributed by atoms with Crippen LogP contribution < -0.4 is 0 Å². The Labute approximate surface area is 290 Å². The van der Waals surface area contributed by atoms with Crippen LogP contribution in [0.4, 0.5) is 0 Å². The lowest BCUT2D eigenvalue weighted by atomic mass is 9.89. The van der Waals surface area contributed by atoms with Crippen LogP contribution >= 0.6 is 0 Å². The van der Waals surface area contributed by atoms with Crippen LogP contribution in [0.2, 0.25) is 0 Å². The molecule has 0 N–H and O–H groups in total. The van der Waals surface area contributed by atoms with Gasteiger partial charge in [0, 0.05) is 16.7 Å². The van der Waals surface area contributed by atoms with E-state index in [4.69, 9.17) is 15.0 Å². The van der Waals surface area contributed by atoms with E-state index in [0.29, 0.717) is 28.6 Å². The Hall–Kier alpha value is -7.21. The Kier molecular flexibility index (Phi) is 7.91. The van der Waals surface area contributed by atoms with Gasteiger partial charge in [0.2, 0.25) is 0 Å². The number of hydrogen-bond acceptors (Lipinski definition) is 5. The molecule has 0 aliphatic carbocycles. The number of nitriles is 2. The topological polar surface area (TPSA) is 86.2 Å². The Morgan fingerprint density at radius 3 is 1.36 bits per heavy atom. The number of rotatable bonds is 6. The first-order valence-corrected chi connectivity index (χ1v) is 16.2. The summed E-state index contributed by atoms with van der Waals surface area (Å²) in [5.41, 5.74) is 9.88. The molecule has 5 heteroatoms. The van der Waals surface area contributed by atoms with Crippen LogP contribution in [0.15, 0.2) is 164 Å². The van der Waals surface area contributed by atoms with Gasteiger partial charge >= 0.3 is 0 Å². The molecule has 7 aromatic carbocycles. The fourth-order valence-corrected chi connectivity index (χ4v) is 6.32. The molecule has 8 aromatic rings. The van der Waals surface area contributed by atoms with E-state index in [2.05, 4.69) is 60.7 Å². The van der Waals surface area contributed by atoms with Gasteiger partial charge in [0.25, 0.3) is 0 Å². The van der Waals surface area contributed by atoms with Crippen LogP contribution in [0, 0.1) is 22.7 Å². The summed E-state index contributed by atoms with van der Waals surface area (Å²) in [6, 6.07) is 58.8. The summed E-state index contributed by atoms with van der Waals surface area (Å²) in [7, 11) is 0. The molecular weight excluding hydrogens is 611 g/mol. The Morgan fingerprint density at radius 1 is 0.320 bits per heavy atom. The van der Waals surface area contributed by atoms with E-state index in [1.165, 1.54) is 0 Å². The zero-order valence-corrected chi connectivity index (χ0v) is 26.8. The maximum atomic E-state index is 9.95. The van der Waals surface area contributed by atoms with Crippen LogP contribution in [-0.2, 0) is 0 Å². The molecule has 0 atom stereocenters. The van der Waals surface area contributed by atoms with E-state index in [1.807, 2.05) is 103 Å². The maximum Gasteiger partial charge on any atom is 0.164 e. The van der Waals surface area contributed by atoms with Crippen LogP contribution in [0.25, 0.3) is 78.3 Å². The average molecular weight is 638 g/mol. The second-order valence-electron chi connectivity index (χ2n) is 11.9. The third kappa shape index (κ3) is 5.88. The highest BCUT2D eigenvalue weighted by Crippen LogP contribution is 2.38. The largest absolute Gasteiger partial charge is 0.208 e. The number of aromatic nitrogens is 3. The Morgan fingerprint density at radius 2 is 0.780 bits per heavy atom. The summed E-state index contributed by atoms with van der Waals surface area (Å²) in [6.07, 6.45) is 0. The first-order chi connectivity index (χ1) is 24.7. The van der Waals surface area contributed by atoms with Crippen molar-refractivity contribution in [1.29, 1.82) is 10.5 Å². The second kappa shape index (κ2) is 13.1. The lowest BCUT2D eigenvalue weighted by Gasteiger charge is -2.14. The Bertz CT molecular complexity index is 2540. The van der Waals surface area contributed by atoms with Crippen molar-refractivity contribution in [1.82, 2.24) is 15.0 Å². The third-order valence-electron chi connectivity index (χ3n) is 8.78. The summed E-state index contributed by atoms with van der Waals surface area (Å²) in [4.78, 5) is 14.7. The average Bonchev–Trinajstić information content (AvgIpc) is 3.20. The van der Waals surface area contributed by atoms with E-state index in [0.717, 1.165) is 60.8 Å². The predicted octanol–water partition coefficient (Wildman–Crippen LogP) is 10.8. The van der Waals surface area contributed by atoms with Gasteiger partial charge in [0.1, 0.15) is 0 Å². The molecule has 0 unspecified atom stereocenters. The van der Waals surface area contributed by atoms with E-state index in [1.54, 1.807) is 12.1 Å². The monoisotopic (exact) mass is 637 g/mol. The molecule has 0 fully saturated rings. The van der Waals surface area contributed by atoms with Crippen LogP contribution in [0.3, 0.4) is 0 Å². The molecule has 1 aromatic heterocycles. The molecule has 0 bridgehead atoms. The van der Waals surface area contributed by atoms with Gasteiger partial charge < -0.3 is 0 Å². The third-order valence-corrected chi connectivity index (χ3v) is 8.78. The maximum absolute atomic E-state index is 9.95. The van der Waals surface area contributed by atoms with Gasteiger partial charge in [0.05, 0.1) is 23.3 Å². The van der Waals surface area contributed by atoms with Crippen LogP contribution in [0.1, 0.15) is 11.1 Å². The van der Waals surface area contributed by atoms with Gasteiger partial charge in [0.15, 0.2) is 17.5 Å². The highest BCUT2D eigenvalue weighted by atomic mass is 15.0. The van der Waals surface area contributed by atoms with Crippen LogP contribution in [0.5, 0.6) is 0 Å². The van der Waals surface area contributed by atoms with Crippen molar-refractivity contribution >= 4 is 10.8 Å². The van der Waals surface area contributed by atoms with Gasteiger partial charge in [-0.2, -0.15) is 10.5 Å². The van der Waals surface area contributed by atoms with Crippen LogP contribution in [-0.4, -0.2) is 15.0 Å². The van der Waals surface area contributed by atoms with E-state index in [9.17, 15) is 10.5 Å². The van der Waals surface area contributed by atoms with Crippen molar-refractivity contribution in [2.24, 2.45) is 0 Å². The molecule has 0 saturated carbocycles. The summed E-state index contributed by atoms with van der Waals surface area (Å²) in [5.74, 6) is 1.84. The van der Waals surface area contributed by atoms with E-state index in [-0.39, 0.29) is 0 Å². The second-order valence-corrected chi connectivity index (χ2v) is 11.9. The smallest absolute Gasteiger partial charge is 0.164 e. The molecule has 0 saturated heterocycles.